The molecule has 1 aromatic rings. The lowest BCUT2D eigenvalue weighted by Crippen LogP contribution is -2.56. The first-order valence-electron chi connectivity index (χ1n) is 9.32. The van der Waals surface area contributed by atoms with Gasteiger partial charge in [0, 0.05) is 17.5 Å². The molecule has 4 rings (SSSR count). The van der Waals surface area contributed by atoms with Crippen molar-refractivity contribution < 1.29 is 9.84 Å². The number of likely N-dealkylation sites (tertiary alicyclic amines) is 1. The maximum atomic E-state index is 10.2. The Morgan fingerprint density at radius 3 is 3.04 bits per heavy atom. The Bertz CT molecular complexity index is 585. The number of para-hydroxylation sites is 1. The second-order valence-corrected chi connectivity index (χ2v) is 8.16. The molecular weight excluding hydrogens is 286 g/mol. The fraction of sp³-hybridized carbons (Fsp3) is 0.700. The lowest BCUT2D eigenvalue weighted by molar-refractivity contribution is -0.00820. The number of rotatable bonds is 3. The number of phenolic OH excluding ortho intramolecular Hbond substituents is 1. The van der Waals surface area contributed by atoms with Crippen LogP contribution in [0.1, 0.15) is 51.5 Å². The molecule has 0 radical (unpaired) electrons. The van der Waals surface area contributed by atoms with E-state index in [1.165, 1.54) is 44.3 Å². The Kier molecular flexibility index (Phi) is 3.79. The van der Waals surface area contributed by atoms with Gasteiger partial charge in [-0.05, 0) is 63.1 Å². The van der Waals surface area contributed by atoms with Crippen LogP contribution < -0.4 is 4.74 Å². The average molecular weight is 315 g/mol. The lowest BCUT2D eigenvalue weighted by Gasteiger charge is -2.51. The molecule has 3 heteroatoms. The zero-order valence-electron chi connectivity index (χ0n) is 14.4. The van der Waals surface area contributed by atoms with Gasteiger partial charge >= 0.3 is 0 Å². The highest BCUT2D eigenvalue weighted by atomic mass is 16.5. The maximum Gasteiger partial charge on any atom is 0.165 e. The molecule has 2 heterocycles. The molecule has 0 amide bonds. The molecule has 1 saturated heterocycles. The first kappa shape index (κ1) is 15.3. The van der Waals surface area contributed by atoms with Crippen LogP contribution in [0.5, 0.6) is 11.5 Å². The number of fused-ring (bicyclic) bond motifs is 1. The Morgan fingerprint density at radius 2 is 2.22 bits per heavy atom. The smallest absolute Gasteiger partial charge is 0.165 e. The highest BCUT2D eigenvalue weighted by Crippen LogP contribution is 2.58. The second kappa shape index (κ2) is 5.70. The zero-order chi connectivity index (χ0) is 16.0. The summed E-state index contributed by atoms with van der Waals surface area (Å²) < 4.78 is 6.27. The molecule has 1 aliphatic carbocycles. The van der Waals surface area contributed by atoms with Gasteiger partial charge in [0.05, 0.1) is 0 Å². The topological polar surface area (TPSA) is 32.7 Å². The first-order valence-corrected chi connectivity index (χ1v) is 9.32. The van der Waals surface area contributed by atoms with Crippen LogP contribution in [0.4, 0.5) is 0 Å². The van der Waals surface area contributed by atoms with E-state index in [1.54, 1.807) is 6.07 Å². The molecule has 1 saturated carbocycles. The largest absolute Gasteiger partial charge is 0.504 e. The number of benzene rings is 1. The van der Waals surface area contributed by atoms with E-state index in [0.29, 0.717) is 11.7 Å². The molecule has 0 bridgehead atoms. The van der Waals surface area contributed by atoms with Gasteiger partial charge in [0.1, 0.15) is 6.10 Å². The monoisotopic (exact) mass is 315 g/mol. The Labute approximate surface area is 139 Å². The van der Waals surface area contributed by atoms with E-state index in [-0.39, 0.29) is 11.5 Å². The van der Waals surface area contributed by atoms with Crippen molar-refractivity contribution in [1.82, 2.24) is 4.90 Å². The predicted molar refractivity (Wildman–Crippen MR) is 92.1 cm³/mol. The SMILES string of the molecule is CC(C)CCN1CCC23c4cccc(O)c4OC2CCCC3C1. The van der Waals surface area contributed by atoms with Crippen LogP contribution in [0.25, 0.3) is 0 Å². The Balaban J connectivity index is 1.62. The van der Waals surface area contributed by atoms with Gasteiger partial charge in [-0.15, -0.1) is 0 Å². The van der Waals surface area contributed by atoms with Crippen LogP contribution in [0.3, 0.4) is 0 Å². The molecule has 3 nitrogen and oxygen atoms in total. The zero-order valence-corrected chi connectivity index (χ0v) is 14.4. The van der Waals surface area contributed by atoms with Crippen molar-refractivity contribution >= 4 is 0 Å². The molecular formula is C20H29NO2. The molecule has 3 atom stereocenters. The predicted octanol–water partition coefficient (Wildman–Crippen LogP) is 3.94. The minimum absolute atomic E-state index is 0.153. The van der Waals surface area contributed by atoms with Crippen molar-refractivity contribution in [1.29, 1.82) is 0 Å². The summed E-state index contributed by atoms with van der Waals surface area (Å²) >= 11 is 0. The standard InChI is InChI=1S/C20H29NO2/c1-14(2)9-11-21-12-10-20-15(13-21)5-3-8-18(20)23-19-16(20)6-4-7-17(19)22/h4,6-7,14-15,18,22H,3,5,8-13H2,1-2H3. The Morgan fingerprint density at radius 1 is 1.35 bits per heavy atom. The van der Waals surface area contributed by atoms with Gasteiger partial charge < -0.3 is 14.7 Å². The van der Waals surface area contributed by atoms with Gasteiger partial charge in [0.25, 0.3) is 0 Å². The summed E-state index contributed by atoms with van der Waals surface area (Å²) in [5.41, 5.74) is 1.44. The van der Waals surface area contributed by atoms with Crippen molar-refractivity contribution in [2.75, 3.05) is 19.6 Å². The quantitative estimate of drug-likeness (QED) is 0.917. The summed E-state index contributed by atoms with van der Waals surface area (Å²) in [7, 11) is 0. The molecule has 1 N–H and O–H groups in total. The highest BCUT2D eigenvalue weighted by Gasteiger charge is 2.57. The third-order valence-corrected chi connectivity index (χ3v) is 6.42. The summed E-state index contributed by atoms with van der Waals surface area (Å²) in [5.74, 6) is 2.55. The fourth-order valence-corrected chi connectivity index (χ4v) is 5.19. The third kappa shape index (κ3) is 2.36. The first-order chi connectivity index (χ1) is 11.1. The molecule has 23 heavy (non-hydrogen) atoms. The van der Waals surface area contributed by atoms with Crippen LogP contribution in [0, 0.1) is 11.8 Å². The van der Waals surface area contributed by atoms with Gasteiger partial charge in [-0.2, -0.15) is 0 Å². The number of hydrogen-bond donors (Lipinski definition) is 1. The van der Waals surface area contributed by atoms with E-state index >= 15 is 0 Å². The third-order valence-electron chi connectivity index (χ3n) is 6.42. The normalized spacial score (nSPS) is 33.0. The van der Waals surface area contributed by atoms with Gasteiger partial charge in [0.2, 0.25) is 0 Å². The van der Waals surface area contributed by atoms with E-state index in [9.17, 15) is 5.11 Å². The van der Waals surface area contributed by atoms with Crippen molar-refractivity contribution in [2.24, 2.45) is 11.8 Å². The lowest BCUT2D eigenvalue weighted by atomic mass is 9.58. The van der Waals surface area contributed by atoms with E-state index in [1.807, 2.05) is 6.07 Å². The molecule has 0 aromatic heterocycles. The van der Waals surface area contributed by atoms with Crippen LogP contribution in [0.2, 0.25) is 0 Å². The van der Waals surface area contributed by atoms with Crippen LogP contribution >= 0.6 is 0 Å². The number of piperidine rings is 1. The number of phenols is 1. The summed E-state index contributed by atoms with van der Waals surface area (Å²) in [6.45, 7) is 8.21. The summed E-state index contributed by atoms with van der Waals surface area (Å²) in [4.78, 5) is 2.67. The minimum Gasteiger partial charge on any atom is -0.504 e. The molecule has 3 unspecified atom stereocenters. The maximum absolute atomic E-state index is 10.2. The molecule has 1 aromatic carbocycles. The van der Waals surface area contributed by atoms with Crippen molar-refractivity contribution in [3.63, 3.8) is 0 Å². The van der Waals surface area contributed by atoms with E-state index in [0.717, 1.165) is 24.6 Å². The number of nitrogens with zero attached hydrogens (tertiary/aromatic N) is 1. The van der Waals surface area contributed by atoms with Crippen LogP contribution in [-0.4, -0.2) is 35.7 Å². The minimum atomic E-state index is 0.153. The summed E-state index contributed by atoms with van der Waals surface area (Å²) in [6.07, 6.45) is 6.43. The van der Waals surface area contributed by atoms with Gasteiger partial charge in [-0.25, -0.2) is 0 Å². The number of ether oxygens (including phenoxy) is 1. The molecule has 2 aliphatic heterocycles. The number of aromatic hydroxyl groups is 1. The molecule has 3 aliphatic rings. The van der Waals surface area contributed by atoms with Gasteiger partial charge in [-0.3, -0.25) is 0 Å². The highest BCUT2D eigenvalue weighted by molar-refractivity contribution is 5.54. The van der Waals surface area contributed by atoms with E-state index < -0.39 is 0 Å². The van der Waals surface area contributed by atoms with Crippen molar-refractivity contribution in [3.8, 4) is 11.5 Å². The summed E-state index contributed by atoms with van der Waals surface area (Å²) in [5, 5.41) is 10.2. The molecule has 126 valence electrons. The van der Waals surface area contributed by atoms with Crippen molar-refractivity contribution in [3.05, 3.63) is 23.8 Å². The van der Waals surface area contributed by atoms with E-state index in [2.05, 4.69) is 24.8 Å². The van der Waals surface area contributed by atoms with Gasteiger partial charge in [-0.1, -0.05) is 26.0 Å². The fourth-order valence-electron chi connectivity index (χ4n) is 5.19. The average Bonchev–Trinajstić information content (AvgIpc) is 2.87. The number of hydrogen-bond acceptors (Lipinski definition) is 3. The second-order valence-electron chi connectivity index (χ2n) is 8.16. The van der Waals surface area contributed by atoms with Gasteiger partial charge in [0.15, 0.2) is 11.5 Å². The van der Waals surface area contributed by atoms with Crippen LogP contribution in [-0.2, 0) is 5.41 Å². The van der Waals surface area contributed by atoms with Crippen LogP contribution in [0.15, 0.2) is 18.2 Å². The molecule has 2 fully saturated rings. The summed E-state index contributed by atoms with van der Waals surface area (Å²) in [6, 6.07) is 5.96. The molecule has 1 spiro atoms. The van der Waals surface area contributed by atoms with E-state index in [4.69, 9.17) is 4.74 Å². The Hall–Kier alpha value is -1.22. The van der Waals surface area contributed by atoms with Crippen molar-refractivity contribution in [2.45, 2.75) is 57.5 Å².